The minimum absolute atomic E-state index is 0.159. The van der Waals surface area contributed by atoms with E-state index >= 15 is 0 Å². The van der Waals surface area contributed by atoms with Crippen molar-refractivity contribution in [1.82, 2.24) is 9.88 Å². The van der Waals surface area contributed by atoms with Gasteiger partial charge in [0.25, 0.3) is 0 Å². The number of nitrogens with zero attached hydrogens (tertiary/aromatic N) is 3. The number of aromatic nitrogens is 1. The third kappa shape index (κ3) is 1.81. The first-order chi connectivity index (χ1) is 10.7. The van der Waals surface area contributed by atoms with Crippen molar-refractivity contribution in [2.75, 3.05) is 6.54 Å². The highest BCUT2D eigenvalue weighted by molar-refractivity contribution is 6.32. The highest BCUT2D eigenvalue weighted by atomic mass is 35.5. The molecule has 0 amide bonds. The lowest BCUT2D eigenvalue weighted by molar-refractivity contribution is 0.143. The van der Waals surface area contributed by atoms with Gasteiger partial charge < -0.3 is 9.88 Å². The average molecular weight is 311 g/mol. The summed E-state index contributed by atoms with van der Waals surface area (Å²) < 4.78 is 0. The zero-order valence-corrected chi connectivity index (χ0v) is 12.8. The van der Waals surface area contributed by atoms with Crippen molar-refractivity contribution in [2.24, 2.45) is 5.92 Å². The molecule has 1 aromatic carbocycles. The van der Waals surface area contributed by atoms with Crippen LogP contribution in [-0.4, -0.2) is 22.5 Å². The molecule has 1 fully saturated rings. The zero-order valence-electron chi connectivity index (χ0n) is 12.0. The Morgan fingerprint density at radius 3 is 3.00 bits per heavy atom. The number of halogens is 1. The second kappa shape index (κ2) is 4.93. The molecule has 1 aliphatic heterocycles. The number of benzene rings is 1. The first kappa shape index (κ1) is 13.5. The fourth-order valence-electron chi connectivity index (χ4n) is 4.22. The van der Waals surface area contributed by atoms with E-state index in [-0.39, 0.29) is 12.0 Å². The molecule has 2 aliphatic rings. The van der Waals surface area contributed by atoms with Gasteiger partial charge >= 0.3 is 0 Å². The molecule has 1 unspecified atom stereocenters. The van der Waals surface area contributed by atoms with Crippen LogP contribution in [0.25, 0.3) is 10.9 Å². The molecule has 0 bridgehead atoms. The average Bonchev–Trinajstić information content (AvgIpc) is 2.85. The quantitative estimate of drug-likeness (QED) is 0.819. The topological polar surface area (TPSA) is 66.6 Å². The Bertz CT molecular complexity index is 826. The Kier molecular flexibility index (Phi) is 3.03. The summed E-state index contributed by atoms with van der Waals surface area (Å²) >= 11 is 6.37. The van der Waals surface area contributed by atoms with E-state index in [0.29, 0.717) is 24.0 Å². The number of hydrogen-bond donors (Lipinski definition) is 1. The van der Waals surface area contributed by atoms with Crippen LogP contribution < -0.4 is 0 Å². The lowest BCUT2D eigenvalue weighted by Gasteiger charge is -2.44. The van der Waals surface area contributed by atoms with E-state index in [2.05, 4.69) is 23.3 Å². The van der Waals surface area contributed by atoms with Crippen molar-refractivity contribution in [3.8, 4) is 12.3 Å². The number of aromatic amines is 1. The summed E-state index contributed by atoms with van der Waals surface area (Å²) in [7, 11) is 0. The monoisotopic (exact) mass is 310 g/mol. The highest BCUT2D eigenvalue weighted by Crippen LogP contribution is 2.46. The predicted molar refractivity (Wildman–Crippen MR) is 84.2 cm³/mol. The molecule has 1 aliphatic carbocycles. The number of likely N-dealkylation sites (tertiary alicyclic amines) is 1. The molecule has 0 radical (unpaired) electrons. The van der Waals surface area contributed by atoms with Gasteiger partial charge in [0.1, 0.15) is 5.15 Å². The second-order valence-corrected chi connectivity index (χ2v) is 6.66. The fourth-order valence-corrected chi connectivity index (χ4v) is 4.50. The maximum absolute atomic E-state index is 9.53. The third-order valence-corrected chi connectivity index (χ3v) is 5.46. The standard InChI is InChI=1S/C17H15ClN4/c18-17-13-7-15-12(6-10(4-5-19)8-22(15)9-20)11-2-1-3-14(21-17)16(11)13/h1-3,10,12,15,21H,4,6-8H2/t10?,12-,15-/m0/s1. The maximum atomic E-state index is 9.53. The minimum Gasteiger partial charge on any atom is -0.345 e. The van der Waals surface area contributed by atoms with Crippen LogP contribution in [0, 0.1) is 28.7 Å². The number of piperidine rings is 1. The predicted octanol–water partition coefficient (Wildman–Crippen LogP) is 3.55. The summed E-state index contributed by atoms with van der Waals surface area (Å²) in [6.07, 6.45) is 4.62. The van der Waals surface area contributed by atoms with Gasteiger partial charge in [0, 0.05) is 29.8 Å². The molecule has 0 spiro atoms. The number of hydrogen-bond acceptors (Lipinski definition) is 3. The molecular formula is C17H15ClN4. The van der Waals surface area contributed by atoms with Crippen molar-refractivity contribution < 1.29 is 0 Å². The molecule has 22 heavy (non-hydrogen) atoms. The molecule has 3 atom stereocenters. The summed E-state index contributed by atoms with van der Waals surface area (Å²) in [4.78, 5) is 5.11. The Hall–Kier alpha value is -2.17. The zero-order chi connectivity index (χ0) is 15.3. The van der Waals surface area contributed by atoms with Crippen LogP contribution in [-0.2, 0) is 6.42 Å². The molecule has 2 aromatic rings. The van der Waals surface area contributed by atoms with Crippen molar-refractivity contribution in [2.45, 2.75) is 31.2 Å². The summed E-state index contributed by atoms with van der Waals surface area (Å²) in [5, 5.41) is 20.5. The fraction of sp³-hybridized carbons (Fsp3) is 0.412. The molecule has 2 heterocycles. The van der Waals surface area contributed by atoms with Gasteiger partial charge in [-0.2, -0.15) is 10.5 Å². The van der Waals surface area contributed by atoms with Crippen molar-refractivity contribution in [3.63, 3.8) is 0 Å². The Labute approximate surface area is 133 Å². The summed E-state index contributed by atoms with van der Waals surface area (Å²) in [6, 6.07) is 8.66. The summed E-state index contributed by atoms with van der Waals surface area (Å²) in [5.41, 5.74) is 3.48. The van der Waals surface area contributed by atoms with Gasteiger partial charge in [-0.3, -0.25) is 0 Å². The van der Waals surface area contributed by atoms with E-state index in [1.807, 2.05) is 17.0 Å². The first-order valence-corrected chi connectivity index (χ1v) is 7.93. The van der Waals surface area contributed by atoms with E-state index in [1.165, 1.54) is 10.9 Å². The van der Waals surface area contributed by atoms with Gasteiger partial charge in [0.2, 0.25) is 0 Å². The number of rotatable bonds is 1. The molecule has 1 N–H and O–H groups in total. The van der Waals surface area contributed by atoms with Crippen LogP contribution in [0.15, 0.2) is 18.2 Å². The molecule has 5 heteroatoms. The van der Waals surface area contributed by atoms with Gasteiger partial charge in [0.05, 0.1) is 12.1 Å². The van der Waals surface area contributed by atoms with Crippen LogP contribution >= 0.6 is 11.6 Å². The lowest BCUT2D eigenvalue weighted by Crippen LogP contribution is -2.47. The summed E-state index contributed by atoms with van der Waals surface area (Å²) in [6.45, 7) is 0.679. The van der Waals surface area contributed by atoms with Gasteiger partial charge in [-0.25, -0.2) is 0 Å². The van der Waals surface area contributed by atoms with Gasteiger partial charge in [-0.15, -0.1) is 0 Å². The van der Waals surface area contributed by atoms with Crippen molar-refractivity contribution >= 4 is 22.5 Å². The van der Waals surface area contributed by atoms with E-state index in [9.17, 15) is 5.26 Å². The first-order valence-electron chi connectivity index (χ1n) is 7.55. The van der Waals surface area contributed by atoms with E-state index in [4.69, 9.17) is 16.9 Å². The Balaban J connectivity index is 1.86. The van der Waals surface area contributed by atoms with Crippen LogP contribution in [0.3, 0.4) is 0 Å². The maximum Gasteiger partial charge on any atom is 0.179 e. The third-order valence-electron chi connectivity index (χ3n) is 5.14. The normalized spacial score (nSPS) is 26.3. The van der Waals surface area contributed by atoms with Crippen LogP contribution in [0.5, 0.6) is 0 Å². The van der Waals surface area contributed by atoms with Crippen molar-refractivity contribution in [3.05, 3.63) is 34.5 Å². The van der Waals surface area contributed by atoms with E-state index in [1.54, 1.807) is 0 Å². The molecule has 4 nitrogen and oxygen atoms in total. The smallest absolute Gasteiger partial charge is 0.179 e. The lowest BCUT2D eigenvalue weighted by atomic mass is 9.72. The molecule has 1 saturated heterocycles. The van der Waals surface area contributed by atoms with Gasteiger partial charge in [-0.1, -0.05) is 23.7 Å². The number of nitriles is 2. The second-order valence-electron chi connectivity index (χ2n) is 6.28. The number of nitrogens with one attached hydrogen (secondary N) is 1. The molecule has 0 saturated carbocycles. The summed E-state index contributed by atoms with van der Waals surface area (Å²) in [5.74, 6) is 0.562. The van der Waals surface area contributed by atoms with Crippen LogP contribution in [0.4, 0.5) is 0 Å². The van der Waals surface area contributed by atoms with Crippen LogP contribution in [0.1, 0.15) is 29.9 Å². The van der Waals surface area contributed by atoms with E-state index < -0.39 is 0 Å². The number of fused-ring (bicyclic) bond motifs is 2. The molecule has 4 rings (SSSR count). The molecular weight excluding hydrogens is 296 g/mol. The molecule has 1 aromatic heterocycles. The number of H-pyrrole nitrogens is 1. The van der Waals surface area contributed by atoms with Gasteiger partial charge in [0.15, 0.2) is 6.19 Å². The van der Waals surface area contributed by atoms with Crippen LogP contribution in [0.2, 0.25) is 5.15 Å². The van der Waals surface area contributed by atoms with Crippen molar-refractivity contribution in [1.29, 1.82) is 10.5 Å². The Morgan fingerprint density at radius 2 is 2.23 bits per heavy atom. The highest BCUT2D eigenvalue weighted by Gasteiger charge is 2.41. The largest absolute Gasteiger partial charge is 0.345 e. The molecule has 110 valence electrons. The van der Waals surface area contributed by atoms with E-state index in [0.717, 1.165) is 23.9 Å². The SMILES string of the molecule is N#CCC1C[C@H]2c3cccc4[nH]c(Cl)c(c34)C[C@@H]2N(C#N)C1. The minimum atomic E-state index is 0.159. The van der Waals surface area contributed by atoms with Gasteiger partial charge in [-0.05, 0) is 36.0 Å². The Morgan fingerprint density at radius 1 is 1.36 bits per heavy atom.